The van der Waals surface area contributed by atoms with Crippen molar-refractivity contribution in [3.8, 4) is 11.3 Å². The van der Waals surface area contributed by atoms with Crippen molar-refractivity contribution in [2.75, 3.05) is 0 Å². The van der Waals surface area contributed by atoms with Gasteiger partial charge in [0.25, 0.3) is 0 Å². The Morgan fingerprint density at radius 2 is 1.57 bits per heavy atom. The van der Waals surface area contributed by atoms with Gasteiger partial charge in [0.2, 0.25) is 0 Å². The third-order valence-corrected chi connectivity index (χ3v) is 3.32. The van der Waals surface area contributed by atoms with Gasteiger partial charge in [-0.2, -0.15) is 18.2 Å². The van der Waals surface area contributed by atoms with E-state index in [1.807, 2.05) is 54.6 Å². The van der Waals surface area contributed by atoms with E-state index in [2.05, 4.69) is 22.1 Å². The summed E-state index contributed by atoms with van der Waals surface area (Å²) in [6.07, 6.45) is 1.80. The molecule has 1 radical (unpaired) electrons. The second-order valence-electron chi connectivity index (χ2n) is 4.63. The molecule has 0 bridgehead atoms. The van der Waals surface area contributed by atoms with E-state index < -0.39 is 0 Å². The standard InChI is InChI=1S/C18H10N2.Y/c1-2-6-16-13(4-1)9-10-17(20-16)15-8-7-14-5-3-11-19-18(14)12-15;/h1-7,9,11-12H;/q-2;. The van der Waals surface area contributed by atoms with Crippen LogP contribution in [0, 0.1) is 12.1 Å². The summed E-state index contributed by atoms with van der Waals surface area (Å²) in [5.41, 5.74) is 3.64. The van der Waals surface area contributed by atoms with Crippen LogP contribution in [0.25, 0.3) is 33.1 Å². The molecule has 4 aromatic rings. The molecule has 2 aromatic heterocycles. The van der Waals surface area contributed by atoms with Crippen molar-refractivity contribution < 1.29 is 32.7 Å². The second kappa shape index (κ2) is 6.01. The molecule has 0 saturated heterocycles. The molecule has 0 saturated carbocycles. The van der Waals surface area contributed by atoms with Crippen LogP contribution in [0.5, 0.6) is 0 Å². The van der Waals surface area contributed by atoms with Gasteiger partial charge in [0, 0.05) is 44.4 Å². The van der Waals surface area contributed by atoms with Crippen molar-refractivity contribution in [2.24, 2.45) is 0 Å². The van der Waals surface area contributed by atoms with Gasteiger partial charge in [-0.1, -0.05) is 35.0 Å². The molecular formula is C18H10N2Y-2. The van der Waals surface area contributed by atoms with Crippen LogP contribution in [0.4, 0.5) is 0 Å². The Labute approximate surface area is 148 Å². The first-order chi connectivity index (χ1) is 9.90. The summed E-state index contributed by atoms with van der Waals surface area (Å²) in [4.78, 5) is 9.01. The Bertz CT molecular complexity index is 841. The quantitative estimate of drug-likeness (QED) is 0.488. The van der Waals surface area contributed by atoms with Crippen molar-refractivity contribution in [2.45, 2.75) is 0 Å². The normalized spacial score (nSPS) is 10.5. The Balaban J connectivity index is 0.00000132. The maximum Gasteiger partial charge on any atom is 0.0247 e. The van der Waals surface area contributed by atoms with Crippen LogP contribution in [0.2, 0.25) is 0 Å². The van der Waals surface area contributed by atoms with Crippen LogP contribution in [0.3, 0.4) is 0 Å². The predicted molar refractivity (Wildman–Crippen MR) is 80.2 cm³/mol. The minimum absolute atomic E-state index is 0. The van der Waals surface area contributed by atoms with E-state index in [0.29, 0.717) is 0 Å². The van der Waals surface area contributed by atoms with Gasteiger partial charge >= 0.3 is 0 Å². The number of rotatable bonds is 1. The summed E-state index contributed by atoms with van der Waals surface area (Å²) in [5, 5.41) is 2.17. The molecule has 3 heteroatoms. The van der Waals surface area contributed by atoms with Crippen molar-refractivity contribution in [3.63, 3.8) is 0 Å². The van der Waals surface area contributed by atoms with Crippen LogP contribution in [-0.2, 0) is 32.7 Å². The molecule has 21 heavy (non-hydrogen) atoms. The van der Waals surface area contributed by atoms with Crippen LogP contribution in [0.1, 0.15) is 0 Å². The molecule has 97 valence electrons. The molecule has 2 nitrogen and oxygen atoms in total. The third kappa shape index (κ3) is 2.74. The van der Waals surface area contributed by atoms with Gasteiger partial charge in [-0.05, 0) is 11.6 Å². The molecule has 0 aliphatic heterocycles. The molecule has 2 aromatic carbocycles. The summed E-state index contributed by atoms with van der Waals surface area (Å²) in [6.45, 7) is 0. The monoisotopic (exact) mass is 343 g/mol. The van der Waals surface area contributed by atoms with Crippen molar-refractivity contribution in [3.05, 3.63) is 72.9 Å². The SMILES string of the molecule is [Y].[c-]1cc2cccnc2cc1-c1[c-]cc2ccccc2n1. The zero-order valence-electron chi connectivity index (χ0n) is 11.2. The largest absolute Gasteiger partial charge is 0.336 e. The number of aromatic nitrogens is 2. The Kier molecular flexibility index (Phi) is 4.09. The fraction of sp³-hybridized carbons (Fsp3) is 0. The summed E-state index contributed by atoms with van der Waals surface area (Å²) in [7, 11) is 0. The maximum atomic E-state index is 4.64. The van der Waals surface area contributed by atoms with Crippen molar-refractivity contribution in [1.82, 2.24) is 9.97 Å². The van der Waals surface area contributed by atoms with E-state index in [-0.39, 0.29) is 32.7 Å². The van der Waals surface area contributed by atoms with Crippen LogP contribution >= 0.6 is 0 Å². The fourth-order valence-electron chi connectivity index (χ4n) is 2.29. The Hall–Kier alpha value is -1.64. The summed E-state index contributed by atoms with van der Waals surface area (Å²) in [6, 6.07) is 24.4. The molecule has 0 unspecified atom stereocenters. The Morgan fingerprint density at radius 1 is 0.810 bits per heavy atom. The van der Waals surface area contributed by atoms with Gasteiger partial charge in [0.05, 0.1) is 0 Å². The molecule has 0 aliphatic carbocycles. The van der Waals surface area contributed by atoms with E-state index in [4.69, 9.17) is 0 Å². The molecule has 0 spiro atoms. The number of nitrogens with zero attached hydrogens (tertiary/aromatic N) is 2. The molecule has 0 atom stereocenters. The van der Waals surface area contributed by atoms with Crippen molar-refractivity contribution in [1.29, 1.82) is 0 Å². The minimum atomic E-state index is 0. The first-order valence-corrected chi connectivity index (χ1v) is 6.44. The Morgan fingerprint density at radius 3 is 2.52 bits per heavy atom. The topological polar surface area (TPSA) is 25.8 Å². The number of fused-ring (bicyclic) bond motifs is 2. The summed E-state index contributed by atoms with van der Waals surface area (Å²) in [5.74, 6) is 0. The molecule has 0 amide bonds. The summed E-state index contributed by atoms with van der Waals surface area (Å²) >= 11 is 0. The van der Waals surface area contributed by atoms with Crippen LogP contribution in [-0.4, -0.2) is 9.97 Å². The van der Waals surface area contributed by atoms with E-state index in [9.17, 15) is 0 Å². The van der Waals surface area contributed by atoms with Gasteiger partial charge in [0.1, 0.15) is 0 Å². The molecule has 2 heterocycles. The molecule has 0 aliphatic rings. The van der Waals surface area contributed by atoms with Crippen LogP contribution < -0.4 is 0 Å². The second-order valence-corrected chi connectivity index (χ2v) is 4.63. The number of para-hydroxylation sites is 1. The third-order valence-electron chi connectivity index (χ3n) is 3.32. The molecule has 0 N–H and O–H groups in total. The zero-order valence-corrected chi connectivity index (χ0v) is 14.1. The van der Waals surface area contributed by atoms with Crippen LogP contribution in [0.15, 0.2) is 60.8 Å². The van der Waals surface area contributed by atoms with Crippen molar-refractivity contribution >= 4 is 21.8 Å². The van der Waals surface area contributed by atoms with Gasteiger partial charge in [-0.15, -0.1) is 11.8 Å². The zero-order chi connectivity index (χ0) is 13.4. The molecule has 4 rings (SSSR count). The van der Waals surface area contributed by atoms with Gasteiger partial charge in [-0.3, -0.25) is 4.98 Å². The molecule has 0 fully saturated rings. The predicted octanol–water partition coefficient (Wildman–Crippen LogP) is 4.05. The molecular weight excluding hydrogens is 333 g/mol. The van der Waals surface area contributed by atoms with E-state index in [1.165, 1.54) is 0 Å². The fourth-order valence-corrected chi connectivity index (χ4v) is 2.29. The first kappa shape index (κ1) is 14.3. The van der Waals surface area contributed by atoms with Gasteiger partial charge in [0.15, 0.2) is 0 Å². The smallest absolute Gasteiger partial charge is 0.0247 e. The summed E-state index contributed by atoms with van der Waals surface area (Å²) < 4.78 is 0. The minimum Gasteiger partial charge on any atom is -0.336 e. The number of hydrogen-bond donors (Lipinski definition) is 0. The maximum absolute atomic E-state index is 4.64. The van der Waals surface area contributed by atoms with Gasteiger partial charge < -0.3 is 4.98 Å². The van der Waals surface area contributed by atoms with E-state index in [0.717, 1.165) is 33.1 Å². The number of benzene rings is 2. The van der Waals surface area contributed by atoms with Gasteiger partial charge in [-0.25, -0.2) is 17.7 Å². The van der Waals surface area contributed by atoms with E-state index in [1.54, 1.807) is 6.20 Å². The average Bonchev–Trinajstić information content (AvgIpc) is 2.54. The first-order valence-electron chi connectivity index (χ1n) is 6.44. The number of pyridine rings is 2. The van der Waals surface area contributed by atoms with E-state index >= 15 is 0 Å². The average molecular weight is 343 g/mol. The number of hydrogen-bond acceptors (Lipinski definition) is 2.